The number of pyridine rings is 1. The minimum Gasteiger partial charge on any atom is -0.322 e. The van der Waals surface area contributed by atoms with Gasteiger partial charge in [-0.15, -0.1) is 0 Å². The molecular formula is C26H27N5OS. The molecule has 33 heavy (non-hydrogen) atoms. The molecule has 2 aromatic carbocycles. The molecule has 1 amide bonds. The van der Waals surface area contributed by atoms with E-state index in [0.717, 1.165) is 47.7 Å². The Morgan fingerprint density at radius 3 is 2.64 bits per heavy atom. The normalized spacial score (nSPS) is 14.5. The molecule has 6 nitrogen and oxygen atoms in total. The Kier molecular flexibility index (Phi) is 6.15. The van der Waals surface area contributed by atoms with E-state index in [1.54, 1.807) is 4.68 Å². The first kappa shape index (κ1) is 21.7. The Balaban J connectivity index is 1.46. The van der Waals surface area contributed by atoms with Crippen LogP contribution in [-0.4, -0.2) is 50.2 Å². The van der Waals surface area contributed by atoms with Crippen LogP contribution in [-0.2, 0) is 13.6 Å². The highest BCUT2D eigenvalue weighted by Gasteiger charge is 2.20. The third kappa shape index (κ3) is 4.65. The molecule has 0 aliphatic carbocycles. The number of thioether (sulfide) groups is 1. The van der Waals surface area contributed by atoms with E-state index in [1.165, 1.54) is 17.1 Å². The van der Waals surface area contributed by atoms with Crippen LogP contribution < -0.4 is 5.32 Å². The number of hydrogen-bond acceptors (Lipinski definition) is 5. The fourth-order valence-electron chi connectivity index (χ4n) is 4.34. The van der Waals surface area contributed by atoms with Gasteiger partial charge < -0.3 is 5.32 Å². The Labute approximate surface area is 198 Å². The number of aryl methyl sites for hydroxylation is 2. The fourth-order valence-corrected chi connectivity index (χ4v) is 5.32. The molecule has 0 spiro atoms. The SMILES string of the molecule is Cc1nn(C)c2nc(-c3ccccc3)cc(C(=O)Nc3cccc(CN4CCSCC4)c3)c12. The second-order valence-corrected chi connectivity index (χ2v) is 9.60. The van der Waals surface area contributed by atoms with Crippen molar-refractivity contribution in [2.75, 3.05) is 29.9 Å². The summed E-state index contributed by atoms with van der Waals surface area (Å²) in [5.41, 5.74) is 5.82. The van der Waals surface area contributed by atoms with Crippen LogP contribution in [0.1, 0.15) is 21.6 Å². The van der Waals surface area contributed by atoms with Gasteiger partial charge in [-0.2, -0.15) is 16.9 Å². The van der Waals surface area contributed by atoms with Crippen molar-refractivity contribution in [3.8, 4) is 11.3 Å². The number of anilines is 1. The molecule has 1 N–H and O–H groups in total. The van der Waals surface area contributed by atoms with Gasteiger partial charge in [-0.25, -0.2) is 4.98 Å². The van der Waals surface area contributed by atoms with Gasteiger partial charge in [0.2, 0.25) is 0 Å². The van der Waals surface area contributed by atoms with Crippen molar-refractivity contribution in [1.29, 1.82) is 0 Å². The molecule has 7 heteroatoms. The molecule has 4 aromatic rings. The summed E-state index contributed by atoms with van der Waals surface area (Å²) in [5, 5.41) is 8.43. The quantitative estimate of drug-likeness (QED) is 0.469. The summed E-state index contributed by atoms with van der Waals surface area (Å²) in [4.78, 5) is 20.8. The van der Waals surface area contributed by atoms with Crippen molar-refractivity contribution in [3.63, 3.8) is 0 Å². The smallest absolute Gasteiger partial charge is 0.256 e. The number of benzene rings is 2. The number of rotatable bonds is 5. The van der Waals surface area contributed by atoms with E-state index < -0.39 is 0 Å². The minimum atomic E-state index is -0.151. The molecular weight excluding hydrogens is 430 g/mol. The van der Waals surface area contributed by atoms with Gasteiger partial charge in [0.1, 0.15) is 0 Å². The number of carbonyl (C=O) groups is 1. The maximum atomic E-state index is 13.5. The zero-order valence-electron chi connectivity index (χ0n) is 18.9. The van der Waals surface area contributed by atoms with E-state index >= 15 is 0 Å². The number of nitrogens with one attached hydrogen (secondary N) is 1. The number of hydrogen-bond donors (Lipinski definition) is 1. The minimum absolute atomic E-state index is 0.151. The van der Waals surface area contributed by atoms with Crippen molar-refractivity contribution < 1.29 is 4.79 Å². The molecule has 2 aromatic heterocycles. The molecule has 1 aliphatic heterocycles. The maximum absolute atomic E-state index is 13.5. The number of amides is 1. The lowest BCUT2D eigenvalue weighted by Gasteiger charge is -2.26. The van der Waals surface area contributed by atoms with Crippen molar-refractivity contribution in [3.05, 3.63) is 77.5 Å². The van der Waals surface area contributed by atoms with Crippen molar-refractivity contribution in [2.24, 2.45) is 7.05 Å². The molecule has 0 atom stereocenters. The first-order valence-electron chi connectivity index (χ1n) is 11.2. The maximum Gasteiger partial charge on any atom is 0.256 e. The van der Waals surface area contributed by atoms with Crippen LogP contribution in [0, 0.1) is 6.92 Å². The molecule has 1 fully saturated rings. The van der Waals surface area contributed by atoms with E-state index in [9.17, 15) is 4.79 Å². The van der Waals surface area contributed by atoms with Crippen LogP contribution in [0.15, 0.2) is 60.7 Å². The van der Waals surface area contributed by atoms with Gasteiger partial charge in [0.25, 0.3) is 5.91 Å². The van der Waals surface area contributed by atoms with E-state index in [-0.39, 0.29) is 5.91 Å². The summed E-state index contributed by atoms with van der Waals surface area (Å²) in [7, 11) is 1.86. The topological polar surface area (TPSA) is 63.1 Å². The van der Waals surface area contributed by atoms with Gasteiger partial charge >= 0.3 is 0 Å². The lowest BCUT2D eigenvalue weighted by Crippen LogP contribution is -2.31. The molecule has 0 unspecified atom stereocenters. The van der Waals surface area contributed by atoms with Crippen LogP contribution in [0.3, 0.4) is 0 Å². The fraction of sp³-hybridized carbons (Fsp3) is 0.269. The van der Waals surface area contributed by atoms with E-state index in [4.69, 9.17) is 4.98 Å². The molecule has 5 rings (SSSR count). The van der Waals surface area contributed by atoms with Crippen LogP contribution in [0.5, 0.6) is 0 Å². The number of carbonyl (C=O) groups excluding carboxylic acids is 1. The summed E-state index contributed by atoms with van der Waals surface area (Å²) < 4.78 is 1.74. The van der Waals surface area contributed by atoms with Crippen molar-refractivity contribution in [1.82, 2.24) is 19.7 Å². The Morgan fingerprint density at radius 1 is 1.06 bits per heavy atom. The zero-order valence-corrected chi connectivity index (χ0v) is 19.7. The van der Waals surface area contributed by atoms with Gasteiger partial charge in [0.15, 0.2) is 5.65 Å². The predicted molar refractivity (Wildman–Crippen MR) is 136 cm³/mol. The van der Waals surface area contributed by atoms with E-state index in [1.807, 2.05) is 74.3 Å². The van der Waals surface area contributed by atoms with Crippen molar-refractivity contribution in [2.45, 2.75) is 13.5 Å². The van der Waals surface area contributed by atoms with Crippen LogP contribution in [0.25, 0.3) is 22.3 Å². The molecule has 3 heterocycles. The molecule has 0 saturated carbocycles. The van der Waals surface area contributed by atoms with Crippen LogP contribution >= 0.6 is 11.8 Å². The molecule has 1 aliphatic rings. The highest BCUT2D eigenvalue weighted by atomic mass is 32.2. The Morgan fingerprint density at radius 2 is 1.85 bits per heavy atom. The van der Waals surface area contributed by atoms with E-state index in [2.05, 4.69) is 27.4 Å². The average molecular weight is 458 g/mol. The van der Waals surface area contributed by atoms with Gasteiger partial charge in [-0.3, -0.25) is 14.4 Å². The standard InChI is InChI=1S/C26H27N5OS/c1-18-24-22(16-23(20-8-4-3-5-9-20)28-25(24)30(2)29-18)26(32)27-21-10-6-7-19(15-21)17-31-11-13-33-14-12-31/h3-10,15-16H,11-14,17H2,1-2H3,(H,27,32). The zero-order chi connectivity index (χ0) is 22.8. The number of nitrogens with zero attached hydrogens (tertiary/aromatic N) is 4. The lowest BCUT2D eigenvalue weighted by atomic mass is 10.0. The largest absolute Gasteiger partial charge is 0.322 e. The third-order valence-electron chi connectivity index (χ3n) is 5.98. The molecule has 0 bridgehead atoms. The summed E-state index contributed by atoms with van der Waals surface area (Å²) in [6.07, 6.45) is 0. The van der Waals surface area contributed by atoms with Crippen molar-refractivity contribution >= 4 is 34.4 Å². The molecule has 168 valence electrons. The number of fused-ring (bicyclic) bond motifs is 1. The first-order chi connectivity index (χ1) is 16.1. The summed E-state index contributed by atoms with van der Waals surface area (Å²) in [6.45, 7) is 5.04. The highest BCUT2D eigenvalue weighted by Crippen LogP contribution is 2.27. The monoisotopic (exact) mass is 457 g/mol. The van der Waals surface area contributed by atoms with E-state index in [0.29, 0.717) is 11.2 Å². The van der Waals surface area contributed by atoms with Gasteiger partial charge in [-0.05, 0) is 30.7 Å². The summed E-state index contributed by atoms with van der Waals surface area (Å²) in [5.74, 6) is 2.22. The predicted octanol–water partition coefficient (Wildman–Crippen LogP) is 4.74. The van der Waals surface area contributed by atoms with Gasteiger partial charge in [0.05, 0.1) is 22.3 Å². The lowest BCUT2D eigenvalue weighted by molar-refractivity contribution is 0.102. The summed E-state index contributed by atoms with van der Waals surface area (Å²) >= 11 is 2.01. The molecule has 0 radical (unpaired) electrons. The molecule has 1 saturated heterocycles. The first-order valence-corrected chi connectivity index (χ1v) is 12.3. The second kappa shape index (κ2) is 9.37. The summed E-state index contributed by atoms with van der Waals surface area (Å²) in [6, 6.07) is 20.0. The number of aromatic nitrogens is 3. The van der Waals surface area contributed by atoms with Gasteiger partial charge in [-0.1, -0.05) is 42.5 Å². The second-order valence-electron chi connectivity index (χ2n) is 8.37. The third-order valence-corrected chi connectivity index (χ3v) is 6.92. The van der Waals surface area contributed by atoms with Crippen LogP contribution in [0.4, 0.5) is 5.69 Å². The van der Waals surface area contributed by atoms with Crippen LogP contribution in [0.2, 0.25) is 0 Å². The Hall–Kier alpha value is -3.16. The van der Waals surface area contributed by atoms with Gasteiger partial charge in [0, 0.05) is 49.4 Å². The highest BCUT2D eigenvalue weighted by molar-refractivity contribution is 7.99. The average Bonchev–Trinajstić information content (AvgIpc) is 3.13. The Bertz CT molecular complexity index is 1300.